The van der Waals surface area contributed by atoms with Gasteiger partial charge in [-0.05, 0) is 86.3 Å². The zero-order valence-corrected chi connectivity index (χ0v) is 24.4. The first-order valence-electron chi connectivity index (χ1n) is 14.9. The molecule has 2 heterocycles. The number of imidazole rings is 1. The van der Waals surface area contributed by atoms with Crippen LogP contribution in [0.2, 0.25) is 0 Å². The number of nitrogens with zero attached hydrogens (tertiary/aromatic N) is 3. The van der Waals surface area contributed by atoms with Gasteiger partial charge in [-0.25, -0.2) is 4.98 Å². The van der Waals surface area contributed by atoms with E-state index in [1.54, 1.807) is 0 Å². The van der Waals surface area contributed by atoms with Crippen LogP contribution in [0.5, 0.6) is 0 Å². The van der Waals surface area contributed by atoms with Gasteiger partial charge in [0.1, 0.15) is 0 Å². The topological polar surface area (TPSA) is 30.7 Å². The summed E-state index contributed by atoms with van der Waals surface area (Å²) in [6.45, 7) is 0. The molecule has 0 aliphatic carbocycles. The second kappa shape index (κ2) is 10.7. The quantitative estimate of drug-likeness (QED) is 0.155. The number of benzene rings is 6. The maximum absolute atomic E-state index is 6.24. The Balaban J connectivity index is 1.39. The first-order chi connectivity index (χ1) is 22.0. The third kappa shape index (κ3) is 4.65. The molecule has 0 amide bonds. The van der Waals surface area contributed by atoms with Gasteiger partial charge in [-0.2, -0.15) is 0 Å². The fraction of sp³-hybridized carbons (Fsp3) is 0.0256. The second-order valence-electron chi connectivity index (χ2n) is 11.4. The average Bonchev–Trinajstić information content (AvgIpc) is 3.48. The molecule has 0 unspecified atom stereocenters. The predicted molar refractivity (Wildman–Crippen MR) is 189 cm³/mol. The van der Waals surface area contributed by atoms with Gasteiger partial charge in [-0.1, -0.05) is 102 Å². The molecule has 0 fully saturated rings. The van der Waals surface area contributed by atoms with Crippen LogP contribution in [-0.2, 0) is 5.11 Å². The normalized spacial score (nSPS) is 11.8. The van der Waals surface area contributed by atoms with Gasteiger partial charge in [0, 0.05) is 17.4 Å². The zero-order chi connectivity index (χ0) is 30.5. The molecule has 0 aliphatic heterocycles. The molecular weight excluding hydrogens is 543 g/mol. The summed E-state index contributed by atoms with van der Waals surface area (Å²) in [4.78, 5) is 9.32. The van der Waals surface area contributed by atoms with E-state index in [4.69, 9.17) is 28.5 Å². The molecule has 0 saturated carbocycles. The lowest BCUT2D eigenvalue weighted by atomic mass is 9.42. The van der Waals surface area contributed by atoms with Crippen molar-refractivity contribution in [2.75, 3.05) is 0 Å². The van der Waals surface area contributed by atoms with Crippen LogP contribution in [0.1, 0.15) is 5.82 Å². The minimum atomic E-state index is -1.63. The number of para-hydroxylation sites is 2. The highest BCUT2D eigenvalue weighted by Gasteiger charge is 2.23. The van der Waals surface area contributed by atoms with Gasteiger partial charge in [-0.15, -0.1) is 0 Å². The van der Waals surface area contributed by atoms with E-state index in [-0.39, 0.29) is 0 Å². The van der Waals surface area contributed by atoms with Crippen LogP contribution in [-0.4, -0.2) is 38.1 Å². The summed E-state index contributed by atoms with van der Waals surface area (Å²) >= 11 is 0. The first-order valence-corrected chi connectivity index (χ1v) is 14.9. The van der Waals surface area contributed by atoms with Gasteiger partial charge in [-0.3, -0.25) is 9.55 Å². The fourth-order valence-electron chi connectivity index (χ4n) is 6.50. The first kappa shape index (κ1) is 27.2. The SMILES string of the molecule is [B]C([B])([B])c1nc2ccccc2n1-c1cccc(-c2c3ccccc3c(-c3cccc(-c4ccccn4)c3)c3ccccc23)c1. The summed E-state index contributed by atoms with van der Waals surface area (Å²) in [6.07, 6.45) is 1.83. The molecule has 0 saturated heterocycles. The summed E-state index contributed by atoms with van der Waals surface area (Å²) < 4.78 is 1.96. The van der Waals surface area contributed by atoms with Crippen molar-refractivity contribution < 1.29 is 0 Å². The molecule has 3 nitrogen and oxygen atoms in total. The van der Waals surface area contributed by atoms with Crippen LogP contribution in [0.25, 0.3) is 71.8 Å². The Labute approximate surface area is 265 Å². The molecule has 6 aromatic carbocycles. The molecule has 8 aromatic rings. The van der Waals surface area contributed by atoms with E-state index in [1.165, 1.54) is 16.3 Å². The number of fused-ring (bicyclic) bond motifs is 3. The molecule has 6 radical (unpaired) electrons. The largest absolute Gasteiger partial charge is 0.298 e. The Hall–Kier alpha value is -5.35. The molecule has 0 aliphatic rings. The van der Waals surface area contributed by atoms with Crippen molar-refractivity contribution in [1.82, 2.24) is 14.5 Å². The minimum Gasteiger partial charge on any atom is -0.298 e. The van der Waals surface area contributed by atoms with Crippen molar-refractivity contribution in [2.45, 2.75) is 5.11 Å². The number of hydrogen-bond acceptors (Lipinski definition) is 2. The van der Waals surface area contributed by atoms with Gasteiger partial charge in [0.25, 0.3) is 0 Å². The average molecular weight is 567 g/mol. The molecular formula is C39H24B3N3. The number of pyridine rings is 1. The molecule has 0 N–H and O–H groups in total. The number of hydrogen-bond donors (Lipinski definition) is 0. The van der Waals surface area contributed by atoms with E-state index >= 15 is 0 Å². The van der Waals surface area contributed by atoms with Gasteiger partial charge in [0.2, 0.25) is 0 Å². The molecule has 2 aromatic heterocycles. The predicted octanol–water partition coefficient (Wildman–Crippen LogP) is 8.34. The highest BCUT2D eigenvalue weighted by molar-refractivity contribution is 6.58. The third-order valence-corrected chi connectivity index (χ3v) is 8.38. The van der Waals surface area contributed by atoms with Crippen molar-refractivity contribution in [3.63, 3.8) is 0 Å². The standard InChI is InChI=1S/C39H24B3N3/c40-39(41,42)38-44-34-20-5-6-21-35(34)45(38)28-14-10-13-27(24-28)37-31-17-3-1-15-29(31)36(30-16-2-4-18-32(30)37)26-12-9-11-25(23-26)33-19-7-8-22-43-33/h1-24H. The number of aromatic nitrogens is 3. The maximum Gasteiger partial charge on any atom is 0.0951 e. The summed E-state index contributed by atoms with van der Waals surface area (Å²) in [7, 11) is 18.7. The molecule has 0 atom stereocenters. The molecule has 45 heavy (non-hydrogen) atoms. The van der Waals surface area contributed by atoms with E-state index in [1.807, 2.05) is 59.3 Å². The van der Waals surface area contributed by atoms with Gasteiger partial charge >= 0.3 is 0 Å². The highest BCUT2D eigenvalue weighted by atomic mass is 15.1. The summed E-state index contributed by atoms with van der Waals surface area (Å²) in [5.41, 5.74) is 9.12. The van der Waals surface area contributed by atoms with E-state index < -0.39 is 5.11 Å². The van der Waals surface area contributed by atoms with Crippen molar-refractivity contribution in [3.05, 3.63) is 152 Å². The van der Waals surface area contributed by atoms with Crippen LogP contribution in [0.4, 0.5) is 0 Å². The lowest BCUT2D eigenvalue weighted by molar-refractivity contribution is 0.930. The van der Waals surface area contributed by atoms with Crippen LogP contribution >= 0.6 is 0 Å². The Morgan fingerprint density at radius 1 is 0.511 bits per heavy atom. The van der Waals surface area contributed by atoms with E-state index in [9.17, 15) is 0 Å². The Kier molecular flexibility index (Phi) is 6.46. The second-order valence-corrected chi connectivity index (χ2v) is 11.4. The van der Waals surface area contributed by atoms with E-state index in [2.05, 4.69) is 96.0 Å². The summed E-state index contributed by atoms with van der Waals surface area (Å²) in [6, 6.07) is 48.2. The Bertz CT molecular complexity index is 2320. The van der Waals surface area contributed by atoms with Crippen molar-refractivity contribution in [2.24, 2.45) is 0 Å². The van der Waals surface area contributed by atoms with Crippen molar-refractivity contribution >= 4 is 56.1 Å². The Morgan fingerprint density at radius 2 is 1.07 bits per heavy atom. The lowest BCUT2D eigenvalue weighted by Gasteiger charge is -2.22. The lowest BCUT2D eigenvalue weighted by Crippen LogP contribution is -2.31. The molecule has 6 heteroatoms. The fourth-order valence-corrected chi connectivity index (χ4v) is 6.50. The van der Waals surface area contributed by atoms with Crippen LogP contribution in [0.3, 0.4) is 0 Å². The summed E-state index contributed by atoms with van der Waals surface area (Å²) in [5, 5.41) is 3.04. The molecule has 0 bridgehead atoms. The monoisotopic (exact) mass is 567 g/mol. The van der Waals surface area contributed by atoms with Crippen LogP contribution in [0, 0.1) is 0 Å². The molecule has 0 spiro atoms. The smallest absolute Gasteiger partial charge is 0.0951 e. The van der Waals surface area contributed by atoms with Crippen molar-refractivity contribution in [3.8, 4) is 39.2 Å². The van der Waals surface area contributed by atoms with Gasteiger partial charge in [0.15, 0.2) is 0 Å². The third-order valence-electron chi connectivity index (χ3n) is 8.38. The van der Waals surface area contributed by atoms with E-state index in [0.717, 1.165) is 55.4 Å². The minimum absolute atomic E-state index is 0.388. The van der Waals surface area contributed by atoms with Gasteiger partial charge in [0.05, 0.1) is 46.1 Å². The van der Waals surface area contributed by atoms with Crippen LogP contribution in [0.15, 0.2) is 146 Å². The van der Waals surface area contributed by atoms with E-state index in [0.29, 0.717) is 5.82 Å². The Morgan fingerprint density at radius 3 is 1.69 bits per heavy atom. The summed E-state index contributed by atoms with van der Waals surface area (Å²) in [5.74, 6) is 0.388. The van der Waals surface area contributed by atoms with Crippen molar-refractivity contribution in [1.29, 1.82) is 0 Å². The molecule has 8 rings (SSSR count). The highest BCUT2D eigenvalue weighted by Crippen LogP contribution is 2.44. The number of rotatable bonds is 5. The van der Waals surface area contributed by atoms with Gasteiger partial charge < -0.3 is 0 Å². The maximum atomic E-state index is 6.24. The molecule has 204 valence electrons. The zero-order valence-electron chi connectivity index (χ0n) is 24.4. The van der Waals surface area contributed by atoms with Crippen LogP contribution < -0.4 is 0 Å².